The summed E-state index contributed by atoms with van der Waals surface area (Å²) in [5.41, 5.74) is 5.99. The molecule has 1 heterocycles. The molecule has 1 aromatic heterocycles. The van der Waals surface area contributed by atoms with E-state index in [-0.39, 0.29) is 52.0 Å². The molecule has 0 saturated heterocycles. The van der Waals surface area contributed by atoms with Gasteiger partial charge in [0.2, 0.25) is 11.2 Å². The van der Waals surface area contributed by atoms with Crippen LogP contribution in [0.3, 0.4) is 0 Å². The van der Waals surface area contributed by atoms with E-state index in [0.29, 0.717) is 39.8 Å². The Kier molecular flexibility index (Phi) is 11.7. The van der Waals surface area contributed by atoms with E-state index >= 15 is 0 Å². The van der Waals surface area contributed by atoms with Crippen molar-refractivity contribution in [3.8, 4) is 23.0 Å². The van der Waals surface area contributed by atoms with Gasteiger partial charge >= 0.3 is 0 Å². The first-order chi connectivity index (χ1) is 26.1. The number of phenolic OH excluding ortho intramolecular Hbond substituents is 2. The number of benzene rings is 6. The third-order valence-electron chi connectivity index (χ3n) is 8.54. The minimum atomic E-state index is -0.174. The van der Waals surface area contributed by atoms with Crippen molar-refractivity contribution in [3.05, 3.63) is 119 Å². The molecule has 0 bridgehead atoms. The molecule has 0 aliphatic carbocycles. The van der Waals surface area contributed by atoms with E-state index in [1.165, 1.54) is 36.7 Å². The van der Waals surface area contributed by atoms with Crippen molar-refractivity contribution in [1.29, 1.82) is 0 Å². The van der Waals surface area contributed by atoms with Gasteiger partial charge in [0.25, 0.3) is 0 Å². The molecule has 1 radical (unpaired) electrons. The maximum absolute atomic E-state index is 11.2. The first-order valence-corrected chi connectivity index (χ1v) is 17.1. The van der Waals surface area contributed by atoms with Crippen molar-refractivity contribution < 1.29 is 36.8 Å². The van der Waals surface area contributed by atoms with Gasteiger partial charge in [0.15, 0.2) is 12.5 Å². The van der Waals surface area contributed by atoms with E-state index < -0.39 is 0 Å². The third kappa shape index (κ3) is 8.90. The van der Waals surface area contributed by atoms with Crippen molar-refractivity contribution in [2.75, 3.05) is 24.5 Å². The Morgan fingerprint density at radius 3 is 2.25 bits per heavy atom. The molecule has 4 N–H and O–H groups in total. The summed E-state index contributed by atoms with van der Waals surface area (Å²) < 4.78 is 11.4. The number of anilines is 3. The van der Waals surface area contributed by atoms with Gasteiger partial charge in [-0.1, -0.05) is 23.8 Å². The van der Waals surface area contributed by atoms with Gasteiger partial charge in [-0.3, -0.25) is 0 Å². The normalized spacial score (nSPS) is 11.3. The second kappa shape index (κ2) is 16.8. The van der Waals surface area contributed by atoms with E-state index in [1.54, 1.807) is 6.07 Å². The number of aromatic nitrogens is 3. The minimum Gasteiger partial charge on any atom is -0.506 e. The first-order valence-electron chi connectivity index (χ1n) is 16.7. The predicted octanol–water partition coefficient (Wildman–Crippen LogP) is 11.2. The number of methoxy groups -OCH3 is 1. The molecule has 55 heavy (non-hydrogen) atoms. The van der Waals surface area contributed by atoms with E-state index in [1.807, 2.05) is 67.6 Å². The summed E-state index contributed by atoms with van der Waals surface area (Å²) >= 11 is 5.82. The Bertz CT molecular complexity index is 2590. The van der Waals surface area contributed by atoms with Gasteiger partial charge in [-0.25, -0.2) is 9.97 Å². The van der Waals surface area contributed by atoms with E-state index in [0.717, 1.165) is 27.5 Å². The van der Waals surface area contributed by atoms with Gasteiger partial charge in [0, 0.05) is 46.0 Å². The molecule has 7 aromatic rings. The van der Waals surface area contributed by atoms with Crippen LogP contribution in [-0.4, -0.2) is 39.0 Å². The number of hydrogen-bond donors (Lipinski definition) is 4. The van der Waals surface area contributed by atoms with Gasteiger partial charge in [-0.15, -0.1) is 15.3 Å². The summed E-state index contributed by atoms with van der Waals surface area (Å²) in [5.74, 6) is 1.12. The second-order valence-electron chi connectivity index (χ2n) is 12.4. The number of aryl methyl sites for hydroxylation is 3. The van der Waals surface area contributed by atoms with Crippen LogP contribution in [0.15, 0.2) is 118 Å². The zero-order valence-corrected chi connectivity index (χ0v) is 31.7. The van der Waals surface area contributed by atoms with E-state index in [2.05, 4.69) is 72.0 Å². The average molecular weight is 804 g/mol. The third-order valence-corrected chi connectivity index (χ3v) is 8.72. The van der Waals surface area contributed by atoms with Crippen LogP contribution in [0.4, 0.5) is 40.1 Å². The molecule has 0 fully saturated rings. The number of hydrogen-bond acceptors (Lipinski definition) is 13. The van der Waals surface area contributed by atoms with Crippen molar-refractivity contribution >= 4 is 73.2 Å². The van der Waals surface area contributed by atoms with Crippen molar-refractivity contribution in [1.82, 2.24) is 15.0 Å². The van der Waals surface area contributed by atoms with E-state index in [9.17, 15) is 10.2 Å². The monoisotopic (exact) mass is 802 g/mol. The van der Waals surface area contributed by atoms with Crippen molar-refractivity contribution in [2.45, 2.75) is 20.8 Å². The number of halogens is 1. The van der Waals surface area contributed by atoms with Crippen LogP contribution < -0.4 is 20.1 Å². The van der Waals surface area contributed by atoms with Gasteiger partial charge < -0.3 is 30.3 Å². The molecule has 0 atom stereocenters. The SMILES string of the molecule is COc1cc(N=Nc2c(C)cc3cc(NCOc4ccc(Nc5ncnc(Cl)n5)cc4)ccc3c2O)c(O)cc1N=Nc1ccc2c(C)cc(C)cc2c1.[Cu]. The number of phenols is 2. The Morgan fingerprint density at radius 1 is 0.727 bits per heavy atom. The standard InChI is InChI=1S/C40H34ClN9O4.Cu/c1-22-13-23(2)31-11-8-29(17-25(31)14-22)47-49-34-18-35(51)33(19-36(34)53-4)48-50-37-24(3)15-26-16-28(7-12-32(26)38(37)52)44-21-54-30-9-5-27(6-10-30)45-40-43-20-42-39(41)46-40;/h5-20,44,51-52H,21H2,1-4H3,(H,42,43,45,46);. The Morgan fingerprint density at radius 2 is 1.47 bits per heavy atom. The molecular weight excluding hydrogens is 769 g/mol. The molecule has 281 valence electrons. The average Bonchev–Trinajstić information content (AvgIpc) is 3.15. The summed E-state index contributed by atoms with van der Waals surface area (Å²) in [4.78, 5) is 11.8. The number of azo groups is 2. The van der Waals surface area contributed by atoms with Gasteiger partial charge in [-0.05, 0) is 120 Å². The van der Waals surface area contributed by atoms with Gasteiger partial charge in [0.05, 0.1) is 12.8 Å². The molecule has 0 aliphatic heterocycles. The molecule has 0 spiro atoms. The number of nitrogens with zero attached hydrogens (tertiary/aromatic N) is 7. The number of rotatable bonds is 11. The first kappa shape index (κ1) is 38.4. The zero-order valence-electron chi connectivity index (χ0n) is 30.0. The fraction of sp³-hybridized carbons (Fsp3) is 0.125. The Hall–Kier alpha value is -6.34. The van der Waals surface area contributed by atoms with Gasteiger partial charge in [0.1, 0.15) is 40.6 Å². The Balaban J connectivity index is 0.00000514. The number of nitrogens with one attached hydrogen (secondary N) is 2. The zero-order chi connectivity index (χ0) is 37.8. The second-order valence-corrected chi connectivity index (χ2v) is 12.8. The molecular formula is C40H34ClCuN9O4. The van der Waals surface area contributed by atoms with E-state index in [4.69, 9.17) is 21.1 Å². The largest absolute Gasteiger partial charge is 0.506 e. The summed E-state index contributed by atoms with van der Waals surface area (Å²) in [6.45, 7) is 6.17. The van der Waals surface area contributed by atoms with Crippen LogP contribution in [0.25, 0.3) is 21.5 Å². The topological polar surface area (TPSA) is 171 Å². The fourth-order valence-corrected chi connectivity index (χ4v) is 6.06. The summed E-state index contributed by atoms with van der Waals surface area (Å²) in [6, 6.07) is 27.8. The fourth-order valence-electron chi connectivity index (χ4n) is 5.93. The van der Waals surface area contributed by atoms with Crippen molar-refractivity contribution in [2.24, 2.45) is 20.5 Å². The van der Waals surface area contributed by atoms with Gasteiger partial charge in [-0.2, -0.15) is 10.1 Å². The number of ether oxygens (including phenoxy) is 2. The molecule has 6 aromatic carbocycles. The molecule has 0 saturated carbocycles. The van der Waals surface area contributed by atoms with Crippen LogP contribution in [0, 0.1) is 20.8 Å². The predicted molar refractivity (Wildman–Crippen MR) is 210 cm³/mol. The Labute approximate surface area is 331 Å². The van der Waals surface area contributed by atoms with Crippen molar-refractivity contribution in [3.63, 3.8) is 0 Å². The molecule has 0 unspecified atom stereocenters. The summed E-state index contributed by atoms with van der Waals surface area (Å²) in [5, 5.41) is 49.3. The summed E-state index contributed by atoms with van der Waals surface area (Å²) in [7, 11) is 1.50. The maximum atomic E-state index is 11.2. The quantitative estimate of drug-likeness (QED) is 0.0564. The summed E-state index contributed by atoms with van der Waals surface area (Å²) in [6.07, 6.45) is 1.33. The smallest absolute Gasteiger partial charge is 0.231 e. The maximum Gasteiger partial charge on any atom is 0.231 e. The minimum absolute atomic E-state index is 0. The van der Waals surface area contributed by atoms with Crippen LogP contribution in [0.2, 0.25) is 5.28 Å². The van der Waals surface area contributed by atoms with Crippen LogP contribution in [0.1, 0.15) is 16.7 Å². The number of aromatic hydroxyl groups is 2. The van der Waals surface area contributed by atoms with Crippen LogP contribution >= 0.6 is 11.6 Å². The van der Waals surface area contributed by atoms with Crippen LogP contribution in [-0.2, 0) is 17.1 Å². The van der Waals surface area contributed by atoms with Crippen LogP contribution in [0.5, 0.6) is 23.0 Å². The molecule has 13 nitrogen and oxygen atoms in total. The molecule has 0 amide bonds. The molecule has 7 rings (SSSR count). The number of fused-ring (bicyclic) bond motifs is 2. The molecule has 15 heteroatoms. The molecule has 0 aliphatic rings.